The zero-order valence-corrected chi connectivity index (χ0v) is 37.1. The van der Waals surface area contributed by atoms with E-state index >= 15 is 0 Å². The number of nitrogens with two attached hydrogens (primary N) is 2. The summed E-state index contributed by atoms with van der Waals surface area (Å²) in [7, 11) is -4.44. The minimum atomic E-state index is -4.44. The fraction of sp³-hybridized carbons (Fsp3) is 0.304. The fourth-order valence-electron chi connectivity index (χ4n) is 7.15. The lowest BCUT2D eigenvalue weighted by Gasteiger charge is -2.26. The molecule has 20 nitrogen and oxygen atoms in total. The second kappa shape index (κ2) is 24.0. The average Bonchev–Trinajstić information content (AvgIpc) is 3.29. The van der Waals surface area contributed by atoms with Gasteiger partial charge in [-0.15, -0.1) is 0 Å². The maximum Gasteiger partial charge on any atom is 0.305 e. The second-order valence-electron chi connectivity index (χ2n) is 15.7. The number of amides is 6. The highest BCUT2D eigenvalue weighted by Crippen LogP contribution is 2.20. The molecule has 5 rings (SSSR count). The summed E-state index contributed by atoms with van der Waals surface area (Å²) in [5.41, 5.74) is 12.8. The lowest BCUT2D eigenvalue weighted by molar-refractivity contribution is -0.141. The van der Waals surface area contributed by atoms with Crippen molar-refractivity contribution in [2.45, 2.75) is 74.0 Å². The molecular weight excluding hydrogens is 887 g/mol. The third-order valence-corrected chi connectivity index (χ3v) is 11.5. The lowest BCUT2D eigenvalue weighted by Crippen LogP contribution is -2.58. The van der Waals surface area contributed by atoms with Crippen molar-refractivity contribution >= 4 is 80.4 Å². The van der Waals surface area contributed by atoms with Crippen molar-refractivity contribution in [1.29, 1.82) is 0 Å². The highest BCUT2D eigenvalue weighted by molar-refractivity contribution is 7.86. The van der Waals surface area contributed by atoms with Crippen LogP contribution in [-0.2, 0) is 45.3 Å². The van der Waals surface area contributed by atoms with Crippen LogP contribution in [0.2, 0.25) is 0 Å². The summed E-state index contributed by atoms with van der Waals surface area (Å²) in [6, 6.07) is 19.8. The molecule has 4 aromatic rings. The molecule has 0 unspecified atom stereocenters. The van der Waals surface area contributed by atoms with Crippen LogP contribution >= 0.6 is 0 Å². The minimum Gasteiger partial charge on any atom is -0.481 e. The molecule has 4 atom stereocenters. The van der Waals surface area contributed by atoms with Gasteiger partial charge in [-0.05, 0) is 77.8 Å². The first kappa shape index (κ1) is 50.4. The molecule has 4 aromatic carbocycles. The van der Waals surface area contributed by atoms with E-state index < -0.39 is 88.7 Å². The van der Waals surface area contributed by atoms with Crippen molar-refractivity contribution in [3.05, 3.63) is 113 Å². The van der Waals surface area contributed by atoms with Crippen LogP contribution in [0, 0.1) is 0 Å². The van der Waals surface area contributed by atoms with Crippen molar-refractivity contribution in [3.8, 4) is 0 Å². The van der Waals surface area contributed by atoms with Crippen molar-refractivity contribution in [3.63, 3.8) is 0 Å². The standard InChI is InChI=1S/C46H53N9O11S/c47-46(48)50-23-7-12-34-42(60)51-27-39(56)52-37(26-40(57)58)45(63)55-36(25-29-17-18-30-8-1-2-10-33(30)24-29)44(62)54-35(43(61)53-34)11-5-6-22-49-41(59)32-20-15-28(16-21-32)14-19-31-9-3-4-13-38(31)67(64,65)66/h1-4,8-10,13-21,24,34-37H,5-7,11-12,22-23,25-27H2,(H,49,59)(H,51,60)(H,52,56)(H,53,61)(H,54,62)(H,55,63)(H,57,58)(H4,47,48,50)(H,64,65,66)/b19-14-/t34-,35-,36+,37-/m0/s1. The Morgan fingerprint density at radius 3 is 2.04 bits per heavy atom. The Labute approximate surface area is 386 Å². The molecule has 0 spiro atoms. The number of carboxylic acids is 1. The normalized spacial score (nSPS) is 18.6. The highest BCUT2D eigenvalue weighted by Gasteiger charge is 2.33. The Morgan fingerprint density at radius 1 is 0.716 bits per heavy atom. The summed E-state index contributed by atoms with van der Waals surface area (Å²) in [5.74, 6) is -6.24. The summed E-state index contributed by atoms with van der Waals surface area (Å²) in [5, 5.41) is 26.9. The van der Waals surface area contributed by atoms with E-state index in [4.69, 9.17) is 11.5 Å². The Morgan fingerprint density at radius 2 is 1.34 bits per heavy atom. The van der Waals surface area contributed by atoms with Crippen LogP contribution in [0.3, 0.4) is 0 Å². The van der Waals surface area contributed by atoms with E-state index in [-0.39, 0.29) is 61.6 Å². The Balaban J connectivity index is 1.32. The van der Waals surface area contributed by atoms with Gasteiger partial charge in [-0.2, -0.15) is 8.42 Å². The Bertz CT molecular complexity index is 2630. The van der Waals surface area contributed by atoms with E-state index in [1.165, 1.54) is 24.3 Å². The van der Waals surface area contributed by atoms with Gasteiger partial charge in [0.15, 0.2) is 5.96 Å². The number of nitrogens with zero attached hydrogens (tertiary/aromatic N) is 1. The number of aliphatic carboxylic acids is 1. The molecule has 21 heteroatoms. The zero-order chi connectivity index (χ0) is 48.5. The maximum absolute atomic E-state index is 14.2. The molecule has 1 saturated heterocycles. The number of nitrogens with one attached hydrogen (secondary N) is 6. The van der Waals surface area contributed by atoms with E-state index in [0.717, 1.165) is 10.8 Å². The molecular formula is C46H53N9O11S. The van der Waals surface area contributed by atoms with Crippen LogP contribution in [0.1, 0.15) is 65.6 Å². The van der Waals surface area contributed by atoms with Gasteiger partial charge in [0.2, 0.25) is 29.5 Å². The molecule has 0 aromatic heterocycles. The molecule has 1 heterocycles. The van der Waals surface area contributed by atoms with Crippen LogP contribution in [0.15, 0.2) is 101 Å². The molecule has 6 amide bonds. The van der Waals surface area contributed by atoms with Crippen LogP contribution < -0.4 is 43.4 Å². The van der Waals surface area contributed by atoms with E-state index in [1.54, 1.807) is 42.5 Å². The third kappa shape index (κ3) is 15.8. The van der Waals surface area contributed by atoms with Gasteiger partial charge in [-0.25, -0.2) is 0 Å². The fourth-order valence-corrected chi connectivity index (χ4v) is 7.84. The number of benzene rings is 4. The van der Waals surface area contributed by atoms with Gasteiger partial charge >= 0.3 is 5.97 Å². The molecule has 67 heavy (non-hydrogen) atoms. The molecule has 1 aliphatic heterocycles. The quantitative estimate of drug-likeness (QED) is 0.0233. The monoisotopic (exact) mass is 939 g/mol. The first-order valence-corrected chi connectivity index (χ1v) is 22.8. The van der Waals surface area contributed by atoms with Crippen molar-refractivity contribution < 1.29 is 51.6 Å². The molecule has 0 aliphatic carbocycles. The van der Waals surface area contributed by atoms with E-state index in [2.05, 4.69) is 36.9 Å². The summed E-state index contributed by atoms with van der Waals surface area (Å²) < 4.78 is 33.0. The van der Waals surface area contributed by atoms with E-state index in [9.17, 15) is 51.6 Å². The third-order valence-electron chi connectivity index (χ3n) is 10.6. The van der Waals surface area contributed by atoms with Crippen LogP contribution in [0.4, 0.5) is 0 Å². The molecule has 0 bridgehead atoms. The van der Waals surface area contributed by atoms with Crippen molar-refractivity contribution in [1.82, 2.24) is 31.9 Å². The number of unbranched alkanes of at least 4 members (excludes halogenated alkanes) is 1. The van der Waals surface area contributed by atoms with Gasteiger partial charge in [-0.3, -0.25) is 43.1 Å². The predicted octanol–water partition coefficient (Wildman–Crippen LogP) is 0.997. The Kier molecular flexibility index (Phi) is 18.1. The molecule has 1 aliphatic rings. The number of hydrogen-bond acceptors (Lipinski definition) is 10. The topological polar surface area (TPSA) is 331 Å². The van der Waals surface area contributed by atoms with Gasteiger partial charge in [0.1, 0.15) is 29.1 Å². The number of fused-ring (bicyclic) bond motifs is 1. The molecule has 1 fully saturated rings. The summed E-state index contributed by atoms with van der Waals surface area (Å²) >= 11 is 0. The smallest absolute Gasteiger partial charge is 0.305 e. The SMILES string of the molecule is NC(N)=NCCC[C@@H]1NC(=O)[C@H](CCCCNC(=O)c2ccc(/C=C\c3ccccc3S(=O)(=O)O)cc2)NC(=O)[C@@H](Cc2ccc3ccccc3c2)NC(=O)[C@H](CC(=O)O)NC(=O)CNC1=O. The number of rotatable bonds is 17. The second-order valence-corrected chi connectivity index (χ2v) is 17.1. The number of carbonyl (C=O) groups excluding carboxylic acids is 6. The molecule has 0 saturated carbocycles. The van der Waals surface area contributed by atoms with E-state index in [1.807, 2.05) is 36.4 Å². The summed E-state index contributed by atoms with van der Waals surface area (Å²) in [6.07, 6.45) is 3.06. The molecule has 12 N–H and O–H groups in total. The van der Waals surface area contributed by atoms with Crippen molar-refractivity contribution in [2.24, 2.45) is 16.5 Å². The number of carboxylic acid groups (broad SMARTS) is 1. The molecule has 354 valence electrons. The average molecular weight is 940 g/mol. The number of hydrogen-bond donors (Lipinski definition) is 10. The van der Waals surface area contributed by atoms with Crippen LogP contribution in [0.25, 0.3) is 22.9 Å². The van der Waals surface area contributed by atoms with Crippen LogP contribution in [-0.4, -0.2) is 109 Å². The highest BCUT2D eigenvalue weighted by atomic mass is 32.2. The molecule has 0 radical (unpaired) electrons. The Hall–Kier alpha value is -7.65. The number of carbonyl (C=O) groups is 7. The predicted molar refractivity (Wildman–Crippen MR) is 248 cm³/mol. The number of guanidine groups is 1. The lowest BCUT2D eigenvalue weighted by atomic mass is 10.00. The first-order chi connectivity index (χ1) is 32.0. The zero-order valence-electron chi connectivity index (χ0n) is 36.3. The van der Waals surface area contributed by atoms with Gasteiger partial charge in [0.05, 0.1) is 13.0 Å². The van der Waals surface area contributed by atoms with Gasteiger partial charge in [0.25, 0.3) is 16.0 Å². The van der Waals surface area contributed by atoms with Crippen molar-refractivity contribution in [2.75, 3.05) is 19.6 Å². The van der Waals surface area contributed by atoms with Gasteiger partial charge in [-0.1, -0.05) is 84.9 Å². The minimum absolute atomic E-state index is 0.00814. The largest absolute Gasteiger partial charge is 0.481 e. The maximum atomic E-state index is 14.2. The van der Waals surface area contributed by atoms with E-state index in [0.29, 0.717) is 23.1 Å². The van der Waals surface area contributed by atoms with Gasteiger partial charge < -0.3 is 48.5 Å². The van der Waals surface area contributed by atoms with Crippen LogP contribution in [0.5, 0.6) is 0 Å². The van der Waals surface area contributed by atoms with Gasteiger partial charge in [0, 0.05) is 25.1 Å². The summed E-state index contributed by atoms with van der Waals surface area (Å²) in [4.78, 5) is 96.9. The first-order valence-electron chi connectivity index (χ1n) is 21.3. The summed E-state index contributed by atoms with van der Waals surface area (Å²) in [6.45, 7) is -0.408. The number of aliphatic imine (C=N–C) groups is 1.